The molecule has 2 heterocycles. The van der Waals surface area contributed by atoms with Gasteiger partial charge in [0.2, 0.25) is 15.9 Å². The van der Waals surface area contributed by atoms with E-state index in [1.165, 1.54) is 12.3 Å². The molecule has 2 N–H and O–H groups in total. The molecule has 0 aliphatic carbocycles. The van der Waals surface area contributed by atoms with Crippen LogP contribution in [0.15, 0.2) is 52.1 Å². The first kappa shape index (κ1) is 22.8. The zero-order valence-electron chi connectivity index (χ0n) is 18.1. The predicted octanol–water partition coefficient (Wildman–Crippen LogP) is 3.92. The molecule has 1 aromatic heterocycles. The van der Waals surface area contributed by atoms with E-state index in [9.17, 15) is 13.2 Å². The highest BCUT2D eigenvalue weighted by Gasteiger charge is 2.20. The van der Waals surface area contributed by atoms with Gasteiger partial charge < -0.3 is 4.90 Å². The van der Waals surface area contributed by atoms with Crippen molar-refractivity contribution in [2.75, 3.05) is 13.1 Å². The van der Waals surface area contributed by atoms with E-state index < -0.39 is 10.0 Å². The lowest BCUT2D eigenvalue weighted by Crippen LogP contribution is -2.33. The van der Waals surface area contributed by atoms with Crippen molar-refractivity contribution in [2.45, 2.75) is 44.9 Å². The van der Waals surface area contributed by atoms with E-state index in [1.54, 1.807) is 6.20 Å². The smallest absolute Gasteiger partial charge is 0.250 e. The number of pyridine rings is 1. The molecule has 31 heavy (non-hydrogen) atoms. The van der Waals surface area contributed by atoms with Crippen LogP contribution in [0.4, 0.5) is 5.69 Å². The Bertz CT molecular complexity index is 1150. The molecule has 2 aromatic rings. The average molecular weight is 441 g/mol. The maximum absolute atomic E-state index is 13.1. The fraction of sp³-hybridized carbons (Fsp3) is 0.348. The van der Waals surface area contributed by atoms with Gasteiger partial charge in [-0.1, -0.05) is 26.0 Å². The summed E-state index contributed by atoms with van der Waals surface area (Å²) in [7, 11) is -3.84. The van der Waals surface area contributed by atoms with Crippen molar-refractivity contribution in [2.24, 2.45) is 10.1 Å². The van der Waals surface area contributed by atoms with Crippen molar-refractivity contribution in [1.82, 2.24) is 9.88 Å². The number of aliphatic imine (C=N–C) groups is 1. The molecule has 7 nitrogen and oxygen atoms in total. The van der Waals surface area contributed by atoms with E-state index in [4.69, 9.17) is 10.1 Å². The topological polar surface area (TPSA) is 106 Å². The summed E-state index contributed by atoms with van der Waals surface area (Å²) in [5.41, 5.74) is 4.56. The van der Waals surface area contributed by atoms with E-state index in [1.807, 2.05) is 36.1 Å². The highest BCUT2D eigenvalue weighted by Crippen LogP contribution is 2.32. The third-order valence-electron chi connectivity index (χ3n) is 5.04. The minimum atomic E-state index is -3.84. The van der Waals surface area contributed by atoms with Crippen molar-refractivity contribution < 1.29 is 13.2 Å². The van der Waals surface area contributed by atoms with E-state index >= 15 is 0 Å². The summed E-state index contributed by atoms with van der Waals surface area (Å²) >= 11 is 0. The number of benzene rings is 1. The molecular weight excluding hydrogens is 412 g/mol. The minimum absolute atomic E-state index is 0.0423. The fourth-order valence-electron chi connectivity index (χ4n) is 3.63. The largest absolute Gasteiger partial charge is 0.339 e. The highest BCUT2D eigenvalue weighted by molar-refractivity contribution is 7.89. The summed E-state index contributed by atoms with van der Waals surface area (Å²) in [6, 6.07) is 7.14. The lowest BCUT2D eigenvalue weighted by molar-refractivity contribution is -0.127. The van der Waals surface area contributed by atoms with Crippen LogP contribution < -0.4 is 5.14 Å². The Kier molecular flexibility index (Phi) is 7.02. The maximum Gasteiger partial charge on any atom is 0.250 e. The number of aromatic nitrogens is 1. The van der Waals surface area contributed by atoms with Crippen LogP contribution in [0.5, 0.6) is 0 Å². The maximum atomic E-state index is 13.1. The normalized spacial score (nSPS) is 13.7. The second kappa shape index (κ2) is 9.53. The van der Waals surface area contributed by atoms with E-state index in [0.29, 0.717) is 12.0 Å². The van der Waals surface area contributed by atoms with Crippen molar-refractivity contribution in [3.05, 3.63) is 47.8 Å². The van der Waals surface area contributed by atoms with E-state index in [0.717, 1.165) is 54.0 Å². The lowest BCUT2D eigenvalue weighted by Gasteiger charge is -2.22. The van der Waals surface area contributed by atoms with E-state index in [-0.39, 0.29) is 10.8 Å². The summed E-state index contributed by atoms with van der Waals surface area (Å²) in [6.45, 7) is 7.52. The number of amides is 1. The lowest BCUT2D eigenvalue weighted by atomic mass is 10.0. The van der Waals surface area contributed by atoms with Gasteiger partial charge in [-0.3, -0.25) is 14.8 Å². The first-order valence-corrected chi connectivity index (χ1v) is 11.9. The second-order valence-electron chi connectivity index (χ2n) is 7.71. The van der Waals surface area contributed by atoms with Gasteiger partial charge in [0.15, 0.2) is 0 Å². The van der Waals surface area contributed by atoms with Gasteiger partial charge in [-0.25, -0.2) is 13.6 Å². The van der Waals surface area contributed by atoms with Crippen LogP contribution in [0.3, 0.4) is 0 Å². The number of hydrogen-bond donors (Lipinski definition) is 1. The van der Waals surface area contributed by atoms with Crippen molar-refractivity contribution in [3.63, 3.8) is 0 Å². The van der Waals surface area contributed by atoms with Crippen molar-refractivity contribution in [1.29, 1.82) is 0 Å². The standard InChI is InChI=1S/C23H28N4O3S/c1-4-8-27(9-5-2)23(28)19-10-16(3)26-22-13-17(6-7-18(22)11-19)20-12-21(15-25-14-20)31(24,29)30/h6-7,11-15H,4-5,8-10H2,1-3H3,(H2,24,29,30). The molecule has 0 radical (unpaired) electrons. The molecule has 0 bridgehead atoms. The monoisotopic (exact) mass is 440 g/mol. The van der Waals surface area contributed by atoms with Crippen LogP contribution in [0.1, 0.15) is 45.6 Å². The van der Waals surface area contributed by atoms with Gasteiger partial charge in [0.05, 0.1) is 5.69 Å². The molecule has 1 aliphatic rings. The van der Waals surface area contributed by atoms with Crippen molar-refractivity contribution >= 4 is 33.4 Å². The third-order valence-corrected chi connectivity index (χ3v) is 5.92. The Morgan fingerprint density at radius 2 is 1.81 bits per heavy atom. The molecule has 0 atom stereocenters. The predicted molar refractivity (Wildman–Crippen MR) is 124 cm³/mol. The summed E-state index contributed by atoms with van der Waals surface area (Å²) in [5, 5.41) is 5.23. The van der Waals surface area contributed by atoms with Crippen LogP contribution in [0.25, 0.3) is 17.2 Å². The van der Waals surface area contributed by atoms with Crippen LogP contribution in [-0.2, 0) is 14.8 Å². The highest BCUT2D eigenvalue weighted by atomic mass is 32.2. The SMILES string of the molecule is CCCN(CCC)C(=O)C1=Cc2ccc(-c3cncc(S(N)(=O)=O)c3)cc2N=C(C)C1. The number of hydrogen-bond acceptors (Lipinski definition) is 5. The molecule has 1 aliphatic heterocycles. The third kappa shape index (κ3) is 5.45. The van der Waals surface area contributed by atoms with Crippen molar-refractivity contribution in [3.8, 4) is 11.1 Å². The number of rotatable bonds is 7. The second-order valence-corrected chi connectivity index (χ2v) is 9.27. The van der Waals surface area contributed by atoms with Gasteiger partial charge >= 0.3 is 0 Å². The first-order valence-electron chi connectivity index (χ1n) is 10.4. The Labute approximate surface area is 183 Å². The number of carbonyl (C=O) groups is 1. The zero-order chi connectivity index (χ0) is 22.6. The Morgan fingerprint density at radius 3 is 2.45 bits per heavy atom. The molecule has 8 heteroatoms. The van der Waals surface area contributed by atoms with Gasteiger partial charge in [-0.15, -0.1) is 0 Å². The number of nitrogens with zero attached hydrogens (tertiary/aromatic N) is 3. The summed E-state index contributed by atoms with van der Waals surface area (Å²) in [6.07, 6.45) is 7.05. The minimum Gasteiger partial charge on any atom is -0.339 e. The molecule has 0 saturated heterocycles. The molecule has 164 valence electrons. The van der Waals surface area contributed by atoms with Crippen LogP contribution in [0.2, 0.25) is 0 Å². The average Bonchev–Trinajstić information content (AvgIpc) is 2.90. The zero-order valence-corrected chi connectivity index (χ0v) is 18.9. The van der Waals surface area contributed by atoms with Gasteiger partial charge in [-0.2, -0.15) is 0 Å². The number of primary sulfonamides is 1. The molecule has 3 rings (SSSR count). The molecule has 0 unspecified atom stereocenters. The van der Waals surface area contributed by atoms with Gasteiger partial charge in [0.1, 0.15) is 4.90 Å². The molecule has 1 aromatic carbocycles. The van der Waals surface area contributed by atoms with Gasteiger partial charge in [-0.05, 0) is 43.5 Å². The fourth-order valence-corrected chi connectivity index (χ4v) is 4.13. The number of nitrogens with two attached hydrogens (primary N) is 1. The Balaban J connectivity index is 2.00. The molecule has 0 spiro atoms. The van der Waals surface area contributed by atoms with E-state index in [2.05, 4.69) is 18.8 Å². The Hall–Kier alpha value is -2.84. The first-order chi connectivity index (χ1) is 14.7. The Morgan fingerprint density at radius 1 is 1.10 bits per heavy atom. The van der Waals surface area contributed by atoms with Crippen LogP contribution in [0, 0.1) is 0 Å². The summed E-state index contributed by atoms with van der Waals surface area (Å²) in [4.78, 5) is 23.7. The molecule has 0 fully saturated rings. The summed E-state index contributed by atoms with van der Waals surface area (Å²) < 4.78 is 23.3. The number of carbonyl (C=O) groups excluding carboxylic acids is 1. The number of fused-ring (bicyclic) bond motifs is 1. The van der Waals surface area contributed by atoms with Crippen LogP contribution >= 0.6 is 0 Å². The quantitative estimate of drug-likeness (QED) is 0.704. The van der Waals surface area contributed by atoms with Gasteiger partial charge in [0.25, 0.3) is 0 Å². The molecular formula is C23H28N4O3S. The molecule has 0 saturated carbocycles. The summed E-state index contributed by atoms with van der Waals surface area (Å²) in [5.74, 6) is 0.0558. The molecule has 1 amide bonds. The van der Waals surface area contributed by atoms with Gasteiger partial charge in [0, 0.05) is 54.3 Å². The number of sulfonamides is 1. The van der Waals surface area contributed by atoms with Crippen LogP contribution in [-0.4, -0.2) is 43.0 Å².